The van der Waals surface area contributed by atoms with Crippen LogP contribution in [0.1, 0.15) is 20.3 Å². The van der Waals surface area contributed by atoms with E-state index in [4.69, 9.17) is 21.6 Å². The number of hydrogen-bond acceptors (Lipinski definition) is 5. The topological polar surface area (TPSA) is 88.2 Å². The Kier molecular flexibility index (Phi) is 5.74. The van der Waals surface area contributed by atoms with Crippen molar-refractivity contribution < 1.29 is 9.66 Å². The molecule has 20 heavy (non-hydrogen) atoms. The molecule has 1 aromatic carbocycles. The van der Waals surface area contributed by atoms with Crippen LogP contribution in [0, 0.1) is 21.4 Å². The standard InChI is InChI=1S/C13H16ClN3O3/c1-3-16-13(2,9-15)6-7-20-12-5-4-10(17(18)19)8-11(12)14/h4-5,8,16H,3,6-7H2,1-2H3. The monoisotopic (exact) mass is 297 g/mol. The molecule has 1 rings (SSSR count). The molecule has 0 spiro atoms. The van der Waals surface area contributed by atoms with E-state index in [0.29, 0.717) is 18.7 Å². The van der Waals surface area contributed by atoms with Crippen molar-refractivity contribution in [2.24, 2.45) is 0 Å². The Labute approximate surface area is 122 Å². The minimum Gasteiger partial charge on any atom is -0.492 e. The molecule has 1 N–H and O–H groups in total. The third-order valence-electron chi connectivity index (χ3n) is 2.80. The third kappa shape index (κ3) is 4.37. The summed E-state index contributed by atoms with van der Waals surface area (Å²) in [6.07, 6.45) is 0.477. The number of nitriles is 1. The van der Waals surface area contributed by atoms with Gasteiger partial charge in [-0.15, -0.1) is 0 Å². The summed E-state index contributed by atoms with van der Waals surface area (Å²) in [5, 5.41) is 22.9. The maximum atomic E-state index is 10.6. The fourth-order valence-electron chi connectivity index (χ4n) is 1.66. The predicted molar refractivity (Wildman–Crippen MR) is 75.9 cm³/mol. The van der Waals surface area contributed by atoms with Gasteiger partial charge < -0.3 is 4.74 Å². The summed E-state index contributed by atoms with van der Waals surface area (Å²) in [4.78, 5) is 10.1. The quantitative estimate of drug-likeness (QED) is 0.617. The Hall–Kier alpha value is -1.84. The van der Waals surface area contributed by atoms with Gasteiger partial charge in [-0.2, -0.15) is 5.26 Å². The molecule has 0 radical (unpaired) electrons. The highest BCUT2D eigenvalue weighted by Gasteiger charge is 2.22. The molecule has 0 aliphatic rings. The first-order valence-corrected chi connectivity index (χ1v) is 6.52. The molecule has 6 nitrogen and oxygen atoms in total. The molecule has 1 aromatic rings. The SMILES string of the molecule is CCNC(C)(C#N)CCOc1ccc([N+](=O)[O-])cc1Cl. The van der Waals surface area contributed by atoms with Crippen LogP contribution in [-0.2, 0) is 0 Å². The Bertz CT molecular complexity index is 530. The lowest BCUT2D eigenvalue weighted by Crippen LogP contribution is -2.42. The van der Waals surface area contributed by atoms with Crippen LogP contribution in [0.4, 0.5) is 5.69 Å². The van der Waals surface area contributed by atoms with Gasteiger partial charge in [-0.3, -0.25) is 15.4 Å². The van der Waals surface area contributed by atoms with E-state index in [2.05, 4.69) is 11.4 Å². The van der Waals surface area contributed by atoms with Gasteiger partial charge in [0.2, 0.25) is 0 Å². The van der Waals surface area contributed by atoms with Gasteiger partial charge in [0.05, 0.1) is 22.6 Å². The molecule has 0 amide bonds. The molecule has 0 aromatic heterocycles. The van der Waals surface area contributed by atoms with Gasteiger partial charge >= 0.3 is 0 Å². The Morgan fingerprint density at radius 1 is 1.60 bits per heavy atom. The van der Waals surface area contributed by atoms with Gasteiger partial charge in [0.25, 0.3) is 5.69 Å². The molecule has 0 aliphatic heterocycles. The van der Waals surface area contributed by atoms with E-state index in [0.717, 1.165) is 0 Å². The third-order valence-corrected chi connectivity index (χ3v) is 3.09. The van der Waals surface area contributed by atoms with Crippen LogP contribution in [-0.4, -0.2) is 23.6 Å². The van der Waals surface area contributed by atoms with Crippen molar-refractivity contribution in [2.45, 2.75) is 25.8 Å². The average Bonchev–Trinajstić information content (AvgIpc) is 2.40. The van der Waals surface area contributed by atoms with Crippen molar-refractivity contribution in [1.82, 2.24) is 5.32 Å². The molecule has 0 aliphatic carbocycles. The fraction of sp³-hybridized carbons (Fsp3) is 0.462. The number of nitrogens with zero attached hydrogens (tertiary/aromatic N) is 2. The van der Waals surface area contributed by atoms with Crippen LogP contribution in [0.25, 0.3) is 0 Å². The molecular formula is C13H16ClN3O3. The van der Waals surface area contributed by atoms with Crippen LogP contribution in [0.15, 0.2) is 18.2 Å². The number of nitro groups is 1. The second kappa shape index (κ2) is 7.08. The van der Waals surface area contributed by atoms with Crippen LogP contribution < -0.4 is 10.1 Å². The first-order valence-electron chi connectivity index (χ1n) is 6.15. The summed E-state index contributed by atoms with van der Waals surface area (Å²) in [5.41, 5.74) is -0.751. The first-order chi connectivity index (χ1) is 9.41. The molecular weight excluding hydrogens is 282 g/mol. The lowest BCUT2D eigenvalue weighted by atomic mass is 10.0. The summed E-state index contributed by atoms with van der Waals surface area (Å²) < 4.78 is 5.47. The Morgan fingerprint density at radius 3 is 2.80 bits per heavy atom. The predicted octanol–water partition coefficient (Wildman–Crippen LogP) is 2.91. The Morgan fingerprint density at radius 2 is 2.30 bits per heavy atom. The highest BCUT2D eigenvalue weighted by Crippen LogP contribution is 2.28. The molecule has 0 saturated carbocycles. The average molecular weight is 298 g/mol. The van der Waals surface area contributed by atoms with E-state index in [9.17, 15) is 10.1 Å². The first kappa shape index (κ1) is 16.2. The van der Waals surface area contributed by atoms with Crippen molar-refractivity contribution >= 4 is 17.3 Å². The minimum atomic E-state index is -0.665. The second-order valence-corrected chi connectivity index (χ2v) is 4.85. The largest absolute Gasteiger partial charge is 0.492 e. The van der Waals surface area contributed by atoms with Gasteiger partial charge in [-0.25, -0.2) is 0 Å². The van der Waals surface area contributed by atoms with Crippen molar-refractivity contribution in [3.05, 3.63) is 33.3 Å². The molecule has 7 heteroatoms. The zero-order valence-corrected chi connectivity index (χ0v) is 12.1. The highest BCUT2D eigenvalue weighted by atomic mass is 35.5. The maximum absolute atomic E-state index is 10.6. The number of non-ortho nitro benzene ring substituents is 1. The van der Waals surface area contributed by atoms with E-state index in [-0.39, 0.29) is 17.3 Å². The van der Waals surface area contributed by atoms with E-state index in [1.165, 1.54) is 18.2 Å². The number of nitrogens with one attached hydrogen (secondary N) is 1. The number of benzene rings is 1. The maximum Gasteiger partial charge on any atom is 0.271 e. The van der Waals surface area contributed by atoms with Crippen molar-refractivity contribution in [1.29, 1.82) is 5.26 Å². The number of rotatable bonds is 7. The smallest absolute Gasteiger partial charge is 0.271 e. The fourth-order valence-corrected chi connectivity index (χ4v) is 1.89. The van der Waals surface area contributed by atoms with E-state index in [1.807, 2.05) is 6.92 Å². The van der Waals surface area contributed by atoms with Gasteiger partial charge in [0.1, 0.15) is 11.3 Å². The molecule has 0 fully saturated rings. The minimum absolute atomic E-state index is 0.0862. The number of nitro benzene ring substituents is 1. The lowest BCUT2D eigenvalue weighted by Gasteiger charge is -2.22. The molecule has 0 heterocycles. The summed E-state index contributed by atoms with van der Waals surface area (Å²) >= 11 is 5.91. The van der Waals surface area contributed by atoms with E-state index in [1.54, 1.807) is 6.92 Å². The van der Waals surface area contributed by atoms with Gasteiger partial charge in [-0.1, -0.05) is 18.5 Å². The van der Waals surface area contributed by atoms with Crippen LogP contribution in [0.2, 0.25) is 5.02 Å². The van der Waals surface area contributed by atoms with Crippen molar-refractivity contribution in [3.63, 3.8) is 0 Å². The van der Waals surface area contributed by atoms with Gasteiger partial charge in [0, 0.05) is 18.6 Å². The summed E-state index contributed by atoms with van der Waals surface area (Å²) in [6.45, 7) is 4.68. The second-order valence-electron chi connectivity index (χ2n) is 4.44. The van der Waals surface area contributed by atoms with Gasteiger partial charge in [-0.05, 0) is 19.5 Å². The zero-order chi connectivity index (χ0) is 15.2. The number of ether oxygens (including phenoxy) is 1. The van der Waals surface area contributed by atoms with Gasteiger partial charge in [0.15, 0.2) is 0 Å². The highest BCUT2D eigenvalue weighted by molar-refractivity contribution is 6.32. The zero-order valence-electron chi connectivity index (χ0n) is 11.4. The van der Waals surface area contributed by atoms with Crippen LogP contribution in [0.5, 0.6) is 5.75 Å². The van der Waals surface area contributed by atoms with Crippen LogP contribution >= 0.6 is 11.6 Å². The Balaban J connectivity index is 2.63. The summed E-state index contributed by atoms with van der Waals surface area (Å²) in [5.74, 6) is 0.369. The van der Waals surface area contributed by atoms with Crippen molar-refractivity contribution in [2.75, 3.05) is 13.2 Å². The molecule has 0 saturated heterocycles. The van der Waals surface area contributed by atoms with E-state index < -0.39 is 10.5 Å². The molecule has 0 bridgehead atoms. The van der Waals surface area contributed by atoms with Crippen molar-refractivity contribution in [3.8, 4) is 11.8 Å². The summed E-state index contributed by atoms with van der Waals surface area (Å²) in [7, 11) is 0. The summed E-state index contributed by atoms with van der Waals surface area (Å²) in [6, 6.07) is 6.22. The van der Waals surface area contributed by atoms with Crippen LogP contribution in [0.3, 0.4) is 0 Å². The number of halogens is 1. The normalized spacial score (nSPS) is 13.3. The lowest BCUT2D eigenvalue weighted by molar-refractivity contribution is -0.384. The van der Waals surface area contributed by atoms with E-state index >= 15 is 0 Å². The number of hydrogen-bond donors (Lipinski definition) is 1. The molecule has 1 unspecified atom stereocenters. The molecule has 108 valence electrons. The molecule has 1 atom stereocenters.